The molecule has 1 aromatic rings. The van der Waals surface area contributed by atoms with Crippen LogP contribution in [0.2, 0.25) is 0 Å². The van der Waals surface area contributed by atoms with Crippen LogP contribution in [0.3, 0.4) is 0 Å². The maximum Gasteiger partial charge on any atom is 0.335 e. The molecule has 0 aromatic heterocycles. The highest BCUT2D eigenvalue weighted by Gasteiger charge is 2.14. The van der Waals surface area contributed by atoms with Crippen molar-refractivity contribution >= 4 is 5.97 Å². The predicted molar refractivity (Wildman–Crippen MR) is 75.0 cm³/mol. The standard InChI is InChI=1S/C15H20O6/c1-18-12-8-11(15(16)17)9-13(10-12)19-6-7-21-14-4-2-3-5-20-14/h8-10,14H,2-7H2,1H3,(H,16,17). The maximum absolute atomic E-state index is 11.0. The van der Waals surface area contributed by atoms with Crippen molar-refractivity contribution in [2.24, 2.45) is 0 Å². The van der Waals surface area contributed by atoms with Gasteiger partial charge in [0.2, 0.25) is 0 Å². The van der Waals surface area contributed by atoms with Crippen LogP contribution >= 0.6 is 0 Å². The first-order valence-corrected chi connectivity index (χ1v) is 6.97. The molecule has 1 heterocycles. The van der Waals surface area contributed by atoms with Crippen molar-refractivity contribution in [3.05, 3.63) is 23.8 Å². The van der Waals surface area contributed by atoms with Crippen molar-refractivity contribution in [3.63, 3.8) is 0 Å². The van der Waals surface area contributed by atoms with Crippen LogP contribution in [0.1, 0.15) is 29.6 Å². The third-order valence-electron chi connectivity index (χ3n) is 3.16. The Labute approximate surface area is 123 Å². The highest BCUT2D eigenvalue weighted by Crippen LogP contribution is 2.23. The van der Waals surface area contributed by atoms with Gasteiger partial charge in [-0.05, 0) is 31.4 Å². The summed E-state index contributed by atoms with van der Waals surface area (Å²) in [4.78, 5) is 11.0. The highest BCUT2D eigenvalue weighted by atomic mass is 16.7. The third-order valence-corrected chi connectivity index (χ3v) is 3.16. The molecule has 0 spiro atoms. The predicted octanol–water partition coefficient (Wildman–Crippen LogP) is 2.32. The van der Waals surface area contributed by atoms with Crippen LogP contribution < -0.4 is 9.47 Å². The fraction of sp³-hybridized carbons (Fsp3) is 0.533. The summed E-state index contributed by atoms with van der Waals surface area (Å²) in [6, 6.07) is 4.55. The van der Waals surface area contributed by atoms with Gasteiger partial charge < -0.3 is 24.1 Å². The second-order valence-electron chi connectivity index (χ2n) is 4.72. The zero-order valence-electron chi connectivity index (χ0n) is 12.0. The van der Waals surface area contributed by atoms with Crippen LogP contribution in [0.5, 0.6) is 11.5 Å². The van der Waals surface area contributed by atoms with Crippen LogP contribution in [0.4, 0.5) is 0 Å². The van der Waals surface area contributed by atoms with Gasteiger partial charge in [0.1, 0.15) is 18.1 Å². The van der Waals surface area contributed by atoms with Gasteiger partial charge in [-0.1, -0.05) is 0 Å². The molecule has 0 bridgehead atoms. The molecule has 0 amide bonds. The third kappa shape index (κ3) is 4.91. The number of aromatic carboxylic acids is 1. The number of benzene rings is 1. The topological polar surface area (TPSA) is 74.2 Å². The zero-order chi connectivity index (χ0) is 15.1. The SMILES string of the molecule is COc1cc(OCCOC2CCCCO2)cc(C(=O)O)c1. The van der Waals surface area contributed by atoms with Crippen LogP contribution in [-0.2, 0) is 9.47 Å². The number of carbonyl (C=O) groups is 1. The molecule has 1 N–H and O–H groups in total. The number of ether oxygens (including phenoxy) is 4. The molecule has 6 heteroatoms. The van der Waals surface area contributed by atoms with Gasteiger partial charge in [0.25, 0.3) is 0 Å². The summed E-state index contributed by atoms with van der Waals surface area (Å²) in [5.41, 5.74) is 0.126. The van der Waals surface area contributed by atoms with Crippen molar-refractivity contribution in [2.75, 3.05) is 26.9 Å². The largest absolute Gasteiger partial charge is 0.497 e. The van der Waals surface area contributed by atoms with E-state index in [0.29, 0.717) is 24.7 Å². The summed E-state index contributed by atoms with van der Waals surface area (Å²) in [5, 5.41) is 9.02. The molecular formula is C15H20O6. The van der Waals surface area contributed by atoms with Crippen LogP contribution in [0.25, 0.3) is 0 Å². The fourth-order valence-corrected chi connectivity index (χ4v) is 2.08. The first-order chi connectivity index (χ1) is 10.2. The van der Waals surface area contributed by atoms with E-state index in [9.17, 15) is 4.79 Å². The average Bonchev–Trinajstić information content (AvgIpc) is 2.52. The van der Waals surface area contributed by atoms with E-state index in [-0.39, 0.29) is 11.9 Å². The maximum atomic E-state index is 11.0. The highest BCUT2D eigenvalue weighted by molar-refractivity contribution is 5.88. The monoisotopic (exact) mass is 296 g/mol. The lowest BCUT2D eigenvalue weighted by atomic mass is 10.2. The molecule has 2 rings (SSSR count). The lowest BCUT2D eigenvalue weighted by Crippen LogP contribution is -2.24. The molecule has 1 aliphatic rings. The lowest BCUT2D eigenvalue weighted by Gasteiger charge is -2.22. The summed E-state index contributed by atoms with van der Waals surface area (Å²) in [6.07, 6.45) is 2.95. The van der Waals surface area contributed by atoms with Crippen molar-refractivity contribution in [1.82, 2.24) is 0 Å². The summed E-state index contributed by atoms with van der Waals surface area (Å²) in [7, 11) is 1.48. The molecule has 1 aromatic carbocycles. The molecule has 1 unspecified atom stereocenters. The molecule has 0 saturated carbocycles. The van der Waals surface area contributed by atoms with E-state index in [1.165, 1.54) is 19.2 Å². The molecule has 1 aliphatic heterocycles. The second kappa shape index (κ2) is 7.85. The van der Waals surface area contributed by atoms with Gasteiger partial charge in [-0.3, -0.25) is 0 Å². The van der Waals surface area contributed by atoms with E-state index < -0.39 is 5.97 Å². The Morgan fingerprint density at radius 3 is 2.76 bits per heavy atom. The van der Waals surface area contributed by atoms with E-state index >= 15 is 0 Å². The summed E-state index contributed by atoms with van der Waals surface area (Å²) >= 11 is 0. The zero-order valence-corrected chi connectivity index (χ0v) is 12.0. The summed E-state index contributed by atoms with van der Waals surface area (Å²) < 4.78 is 21.5. The molecule has 1 fully saturated rings. The van der Waals surface area contributed by atoms with Crippen LogP contribution in [-0.4, -0.2) is 44.3 Å². The van der Waals surface area contributed by atoms with Crippen LogP contribution in [0.15, 0.2) is 18.2 Å². The molecular weight excluding hydrogens is 276 g/mol. The van der Waals surface area contributed by atoms with Crippen LogP contribution in [0, 0.1) is 0 Å². The van der Waals surface area contributed by atoms with E-state index in [4.69, 9.17) is 24.1 Å². The summed E-state index contributed by atoms with van der Waals surface area (Å²) in [5.74, 6) is -0.132. The van der Waals surface area contributed by atoms with Crippen molar-refractivity contribution in [2.45, 2.75) is 25.6 Å². The minimum absolute atomic E-state index is 0.126. The Bertz CT molecular complexity index is 467. The summed E-state index contributed by atoms with van der Waals surface area (Å²) in [6.45, 7) is 1.46. The average molecular weight is 296 g/mol. The molecule has 0 radical (unpaired) electrons. The van der Waals surface area contributed by atoms with Gasteiger partial charge >= 0.3 is 5.97 Å². The Morgan fingerprint density at radius 2 is 2.10 bits per heavy atom. The van der Waals surface area contributed by atoms with E-state index in [0.717, 1.165) is 25.9 Å². The fourth-order valence-electron chi connectivity index (χ4n) is 2.08. The first-order valence-electron chi connectivity index (χ1n) is 6.97. The smallest absolute Gasteiger partial charge is 0.335 e. The second-order valence-corrected chi connectivity index (χ2v) is 4.72. The Balaban J connectivity index is 1.81. The van der Waals surface area contributed by atoms with Gasteiger partial charge in [0, 0.05) is 12.7 Å². The minimum Gasteiger partial charge on any atom is -0.497 e. The number of carboxylic acids is 1. The van der Waals surface area contributed by atoms with E-state index in [2.05, 4.69) is 0 Å². The van der Waals surface area contributed by atoms with Crippen molar-refractivity contribution in [1.29, 1.82) is 0 Å². The molecule has 0 aliphatic carbocycles. The Morgan fingerprint density at radius 1 is 1.29 bits per heavy atom. The molecule has 1 saturated heterocycles. The Hall–Kier alpha value is -1.79. The Kier molecular flexibility index (Phi) is 5.83. The van der Waals surface area contributed by atoms with Gasteiger partial charge in [-0.25, -0.2) is 4.79 Å². The molecule has 21 heavy (non-hydrogen) atoms. The first kappa shape index (κ1) is 15.6. The number of hydrogen-bond donors (Lipinski definition) is 1. The lowest BCUT2D eigenvalue weighted by molar-refractivity contribution is -0.165. The van der Waals surface area contributed by atoms with Crippen molar-refractivity contribution in [3.8, 4) is 11.5 Å². The molecule has 1 atom stereocenters. The van der Waals surface area contributed by atoms with Gasteiger partial charge in [-0.2, -0.15) is 0 Å². The minimum atomic E-state index is -1.02. The quantitative estimate of drug-likeness (QED) is 0.778. The van der Waals surface area contributed by atoms with Gasteiger partial charge in [0.15, 0.2) is 6.29 Å². The van der Waals surface area contributed by atoms with Gasteiger partial charge in [0.05, 0.1) is 19.3 Å². The molecule has 116 valence electrons. The number of rotatable bonds is 7. The van der Waals surface area contributed by atoms with Gasteiger partial charge in [-0.15, -0.1) is 0 Å². The normalized spacial score (nSPS) is 18.2. The van der Waals surface area contributed by atoms with E-state index in [1.54, 1.807) is 6.07 Å². The number of carboxylic acid groups (broad SMARTS) is 1. The number of methoxy groups -OCH3 is 1. The van der Waals surface area contributed by atoms with E-state index in [1.807, 2.05) is 0 Å². The molecule has 6 nitrogen and oxygen atoms in total. The number of hydrogen-bond acceptors (Lipinski definition) is 5. The van der Waals surface area contributed by atoms with Crippen molar-refractivity contribution < 1.29 is 28.8 Å².